The number of nitrogens with one attached hydrogen (secondary N) is 1. The van der Waals surface area contributed by atoms with Gasteiger partial charge in [-0.3, -0.25) is 14.5 Å². The quantitative estimate of drug-likeness (QED) is 0.835. The van der Waals surface area contributed by atoms with Crippen LogP contribution in [0.15, 0.2) is 30.3 Å². The van der Waals surface area contributed by atoms with Gasteiger partial charge in [-0.25, -0.2) is 0 Å². The van der Waals surface area contributed by atoms with Gasteiger partial charge in [0.25, 0.3) is 0 Å². The monoisotopic (exact) mass is 290 g/mol. The molecule has 1 aromatic rings. The second-order valence-electron chi connectivity index (χ2n) is 5.16. The summed E-state index contributed by atoms with van der Waals surface area (Å²) in [7, 11) is 0. The third-order valence-electron chi connectivity index (χ3n) is 3.52. The maximum absolute atomic E-state index is 12.2. The van der Waals surface area contributed by atoms with Crippen LogP contribution in [0.25, 0.3) is 0 Å². The molecule has 1 saturated heterocycles. The molecule has 1 aromatic carbocycles. The van der Waals surface area contributed by atoms with Crippen LogP contribution >= 0.6 is 0 Å². The third kappa shape index (κ3) is 4.65. The molecule has 1 unspecified atom stereocenters. The molecule has 0 aliphatic carbocycles. The van der Waals surface area contributed by atoms with Gasteiger partial charge in [0.15, 0.2) is 5.78 Å². The lowest BCUT2D eigenvalue weighted by Gasteiger charge is -2.33. The first kappa shape index (κ1) is 15.7. The molecular weight excluding hydrogens is 268 g/mol. The Hall–Kier alpha value is -1.72. The van der Waals surface area contributed by atoms with Gasteiger partial charge in [0, 0.05) is 19.5 Å². The van der Waals surface area contributed by atoms with E-state index in [1.165, 1.54) is 0 Å². The molecule has 5 nitrogen and oxygen atoms in total. The van der Waals surface area contributed by atoms with E-state index in [0.29, 0.717) is 39.3 Å². The lowest BCUT2D eigenvalue weighted by Crippen LogP contribution is -2.55. The third-order valence-corrected chi connectivity index (χ3v) is 3.52. The summed E-state index contributed by atoms with van der Waals surface area (Å²) in [6, 6.07) is 9.31. The number of hydrogen-bond donors (Lipinski definition) is 1. The van der Waals surface area contributed by atoms with Crippen molar-refractivity contribution in [1.82, 2.24) is 10.2 Å². The fraction of sp³-hybridized carbons (Fsp3) is 0.500. The summed E-state index contributed by atoms with van der Waals surface area (Å²) in [5.41, 5.74) is 1.00. The number of ether oxygens (including phenoxy) is 1. The molecule has 0 spiro atoms. The van der Waals surface area contributed by atoms with Gasteiger partial charge in [0.1, 0.15) is 6.04 Å². The SMILES string of the molecule is CCNC(=O)C1COCCN1CC(=O)Cc1ccccc1. The van der Waals surface area contributed by atoms with Gasteiger partial charge in [0.2, 0.25) is 5.91 Å². The molecule has 1 aliphatic rings. The predicted octanol–water partition coefficient (Wildman–Crippen LogP) is 0.635. The predicted molar refractivity (Wildman–Crippen MR) is 80.0 cm³/mol. The molecular formula is C16H22N2O3. The van der Waals surface area contributed by atoms with Crippen molar-refractivity contribution in [2.75, 3.05) is 32.8 Å². The molecule has 5 heteroatoms. The van der Waals surface area contributed by atoms with Crippen LogP contribution in [-0.2, 0) is 20.7 Å². The Labute approximate surface area is 125 Å². The van der Waals surface area contributed by atoms with Crippen LogP contribution in [0.4, 0.5) is 0 Å². The number of morpholine rings is 1. The van der Waals surface area contributed by atoms with Gasteiger partial charge in [-0.1, -0.05) is 30.3 Å². The summed E-state index contributed by atoms with van der Waals surface area (Å²) in [6.45, 7) is 4.29. The van der Waals surface area contributed by atoms with Crippen molar-refractivity contribution in [2.45, 2.75) is 19.4 Å². The van der Waals surface area contributed by atoms with Crippen molar-refractivity contribution in [2.24, 2.45) is 0 Å². The minimum atomic E-state index is -0.363. The number of carbonyl (C=O) groups is 2. The second kappa shape index (κ2) is 7.90. The number of nitrogens with zero attached hydrogens (tertiary/aromatic N) is 1. The van der Waals surface area contributed by atoms with Gasteiger partial charge in [-0.05, 0) is 12.5 Å². The van der Waals surface area contributed by atoms with Crippen LogP contribution in [-0.4, -0.2) is 55.5 Å². The van der Waals surface area contributed by atoms with Crippen LogP contribution in [0, 0.1) is 0 Å². The zero-order valence-corrected chi connectivity index (χ0v) is 12.4. The fourth-order valence-electron chi connectivity index (χ4n) is 2.47. The van der Waals surface area contributed by atoms with Crippen LogP contribution in [0.3, 0.4) is 0 Å². The average molecular weight is 290 g/mol. The van der Waals surface area contributed by atoms with Crippen molar-refractivity contribution in [3.8, 4) is 0 Å². The van der Waals surface area contributed by atoms with E-state index in [0.717, 1.165) is 5.56 Å². The highest BCUT2D eigenvalue weighted by Crippen LogP contribution is 2.09. The molecule has 0 aromatic heterocycles. The van der Waals surface area contributed by atoms with Gasteiger partial charge in [0.05, 0.1) is 19.8 Å². The summed E-state index contributed by atoms with van der Waals surface area (Å²) in [5, 5.41) is 2.80. The Morgan fingerprint density at radius 1 is 1.33 bits per heavy atom. The number of carbonyl (C=O) groups excluding carboxylic acids is 2. The highest BCUT2D eigenvalue weighted by Gasteiger charge is 2.30. The Balaban J connectivity index is 1.92. The minimum absolute atomic E-state index is 0.0651. The number of ketones is 1. The number of likely N-dealkylation sites (N-methyl/N-ethyl adjacent to an activating group) is 1. The Morgan fingerprint density at radius 3 is 2.81 bits per heavy atom. The molecule has 1 atom stereocenters. The first-order valence-corrected chi connectivity index (χ1v) is 7.36. The number of hydrogen-bond acceptors (Lipinski definition) is 4. The maximum Gasteiger partial charge on any atom is 0.239 e. The smallest absolute Gasteiger partial charge is 0.239 e. The van der Waals surface area contributed by atoms with E-state index in [1.54, 1.807) is 0 Å². The zero-order valence-electron chi connectivity index (χ0n) is 12.4. The molecule has 1 heterocycles. The summed E-state index contributed by atoms with van der Waals surface area (Å²) >= 11 is 0. The minimum Gasteiger partial charge on any atom is -0.378 e. The van der Waals surface area contributed by atoms with E-state index in [9.17, 15) is 9.59 Å². The van der Waals surface area contributed by atoms with Crippen LogP contribution < -0.4 is 5.32 Å². The van der Waals surface area contributed by atoms with Crippen molar-refractivity contribution in [3.05, 3.63) is 35.9 Å². The maximum atomic E-state index is 12.2. The Morgan fingerprint density at radius 2 is 2.10 bits per heavy atom. The van der Waals surface area contributed by atoms with Crippen molar-refractivity contribution >= 4 is 11.7 Å². The molecule has 21 heavy (non-hydrogen) atoms. The Kier molecular flexibility index (Phi) is 5.90. The van der Waals surface area contributed by atoms with Crippen LogP contribution in [0.1, 0.15) is 12.5 Å². The number of amides is 1. The van der Waals surface area contributed by atoms with Crippen LogP contribution in [0.2, 0.25) is 0 Å². The van der Waals surface area contributed by atoms with E-state index in [4.69, 9.17) is 4.74 Å². The number of rotatable bonds is 6. The average Bonchev–Trinajstić information content (AvgIpc) is 2.49. The van der Waals surface area contributed by atoms with E-state index in [1.807, 2.05) is 42.2 Å². The molecule has 1 N–H and O–H groups in total. The summed E-state index contributed by atoms with van der Waals surface area (Å²) < 4.78 is 5.37. The number of benzene rings is 1. The first-order chi connectivity index (χ1) is 10.2. The Bertz CT molecular complexity index is 476. The lowest BCUT2D eigenvalue weighted by molar-refractivity contribution is -0.134. The van der Waals surface area contributed by atoms with Crippen molar-refractivity contribution in [1.29, 1.82) is 0 Å². The molecule has 114 valence electrons. The summed E-state index contributed by atoms with van der Waals surface area (Å²) in [5.74, 6) is 0.0575. The lowest BCUT2D eigenvalue weighted by atomic mass is 10.1. The van der Waals surface area contributed by atoms with E-state index in [-0.39, 0.29) is 17.7 Å². The van der Waals surface area contributed by atoms with Crippen molar-refractivity contribution < 1.29 is 14.3 Å². The van der Waals surface area contributed by atoms with E-state index < -0.39 is 0 Å². The van der Waals surface area contributed by atoms with E-state index >= 15 is 0 Å². The highest BCUT2D eigenvalue weighted by molar-refractivity contribution is 5.85. The van der Waals surface area contributed by atoms with Crippen molar-refractivity contribution in [3.63, 3.8) is 0 Å². The van der Waals surface area contributed by atoms with Gasteiger partial charge >= 0.3 is 0 Å². The molecule has 1 amide bonds. The molecule has 1 fully saturated rings. The summed E-state index contributed by atoms with van der Waals surface area (Å²) in [6.07, 6.45) is 0.403. The number of Topliss-reactive ketones (excluding diaryl/α,β-unsaturated/α-hetero) is 1. The van der Waals surface area contributed by atoms with Gasteiger partial charge in [-0.15, -0.1) is 0 Å². The molecule has 2 rings (SSSR count). The standard InChI is InChI=1S/C16H22N2O3/c1-2-17-16(20)15-12-21-9-8-18(15)11-14(19)10-13-6-4-3-5-7-13/h3-7,15H,2,8-12H2,1H3,(H,17,20). The second-order valence-corrected chi connectivity index (χ2v) is 5.16. The summed E-state index contributed by atoms with van der Waals surface area (Å²) in [4.78, 5) is 26.1. The molecule has 1 aliphatic heterocycles. The first-order valence-electron chi connectivity index (χ1n) is 7.36. The fourth-order valence-corrected chi connectivity index (χ4v) is 2.47. The topological polar surface area (TPSA) is 58.6 Å². The van der Waals surface area contributed by atoms with Gasteiger partial charge in [-0.2, -0.15) is 0 Å². The largest absolute Gasteiger partial charge is 0.378 e. The van der Waals surface area contributed by atoms with Crippen LogP contribution in [0.5, 0.6) is 0 Å². The van der Waals surface area contributed by atoms with Gasteiger partial charge < -0.3 is 10.1 Å². The van der Waals surface area contributed by atoms with E-state index in [2.05, 4.69) is 5.32 Å². The normalized spacial score (nSPS) is 19.2. The zero-order chi connectivity index (χ0) is 15.1. The highest BCUT2D eigenvalue weighted by atomic mass is 16.5. The molecule has 0 saturated carbocycles. The molecule has 0 bridgehead atoms. The molecule has 0 radical (unpaired) electrons.